The molecular weight excluding hydrogens is 305 g/mol. The average Bonchev–Trinajstić information content (AvgIpc) is 2.46. The highest BCUT2D eigenvalue weighted by molar-refractivity contribution is 6.43. The van der Waals surface area contributed by atoms with Crippen LogP contribution in [0.4, 0.5) is 0 Å². The molecule has 0 fully saturated rings. The van der Waals surface area contributed by atoms with Gasteiger partial charge in [-0.15, -0.1) is 0 Å². The Morgan fingerprint density at radius 1 is 1.17 bits per heavy atom. The van der Waals surface area contributed by atoms with Crippen molar-refractivity contribution in [2.24, 2.45) is 11.3 Å². The number of hydrogen-bond acceptors (Lipinski definition) is 4. The van der Waals surface area contributed by atoms with Crippen LogP contribution >= 0.6 is 0 Å². The zero-order valence-electron chi connectivity index (χ0n) is 15.0. The number of carbonyl (C=O) groups excluding carboxylic acids is 2. The first-order valence-corrected chi connectivity index (χ1v) is 8.34. The monoisotopic (exact) mass is 333 g/mol. The van der Waals surface area contributed by atoms with E-state index >= 15 is 0 Å². The van der Waals surface area contributed by atoms with Crippen molar-refractivity contribution in [1.82, 2.24) is 5.32 Å². The van der Waals surface area contributed by atoms with Gasteiger partial charge in [-0.05, 0) is 17.9 Å². The van der Waals surface area contributed by atoms with Crippen LogP contribution in [0.3, 0.4) is 0 Å². The molecule has 0 aromatic heterocycles. The minimum absolute atomic E-state index is 0.0219. The molecule has 0 saturated heterocycles. The number of ketones is 1. The van der Waals surface area contributed by atoms with Gasteiger partial charge >= 0.3 is 7.12 Å². The Balaban J connectivity index is 2.65. The summed E-state index contributed by atoms with van der Waals surface area (Å²) >= 11 is 0. The van der Waals surface area contributed by atoms with E-state index in [1.54, 1.807) is 13.8 Å². The molecule has 5 nitrogen and oxygen atoms in total. The van der Waals surface area contributed by atoms with Crippen molar-refractivity contribution in [1.29, 1.82) is 0 Å². The van der Waals surface area contributed by atoms with E-state index < -0.39 is 18.5 Å². The van der Waals surface area contributed by atoms with Gasteiger partial charge in [0.25, 0.3) is 0 Å². The molecule has 0 aliphatic rings. The van der Waals surface area contributed by atoms with Crippen molar-refractivity contribution < 1.29 is 19.6 Å². The molecule has 132 valence electrons. The Bertz CT molecular complexity index is 543. The lowest BCUT2D eigenvalue weighted by Crippen LogP contribution is -2.51. The largest absolute Gasteiger partial charge is 0.475 e. The molecule has 1 amide bonds. The summed E-state index contributed by atoms with van der Waals surface area (Å²) in [5, 5.41) is 21.5. The highest BCUT2D eigenvalue weighted by atomic mass is 16.4. The summed E-state index contributed by atoms with van der Waals surface area (Å²) in [4.78, 5) is 24.7. The number of carbonyl (C=O) groups is 2. The number of hydrogen-bond donors (Lipinski definition) is 3. The number of nitrogens with one attached hydrogen (secondary N) is 1. The minimum atomic E-state index is -1.62. The fourth-order valence-electron chi connectivity index (χ4n) is 2.59. The van der Waals surface area contributed by atoms with Crippen LogP contribution in [0.1, 0.15) is 46.1 Å². The Labute approximate surface area is 144 Å². The molecule has 1 aromatic carbocycles. The second-order valence-corrected chi connectivity index (χ2v) is 7.38. The molecule has 0 heterocycles. The first-order chi connectivity index (χ1) is 11.1. The second kappa shape index (κ2) is 8.99. The van der Waals surface area contributed by atoms with Gasteiger partial charge in [-0.3, -0.25) is 9.59 Å². The lowest BCUT2D eigenvalue weighted by Gasteiger charge is -2.27. The summed E-state index contributed by atoms with van der Waals surface area (Å²) in [6, 6.07) is 9.40. The predicted molar refractivity (Wildman–Crippen MR) is 95.1 cm³/mol. The molecule has 6 heteroatoms. The van der Waals surface area contributed by atoms with E-state index in [2.05, 4.69) is 5.32 Å². The lowest BCUT2D eigenvalue weighted by molar-refractivity contribution is -0.134. The Hall–Kier alpha value is -1.66. The smallest absolute Gasteiger partial charge is 0.426 e. The van der Waals surface area contributed by atoms with E-state index in [0.717, 1.165) is 5.56 Å². The van der Waals surface area contributed by atoms with E-state index in [4.69, 9.17) is 0 Å². The molecule has 1 atom stereocenters. The van der Waals surface area contributed by atoms with Gasteiger partial charge in [-0.2, -0.15) is 0 Å². The summed E-state index contributed by atoms with van der Waals surface area (Å²) in [6.07, 6.45) is 0.844. The normalized spacial score (nSPS) is 12.8. The Kier molecular flexibility index (Phi) is 7.64. The van der Waals surface area contributed by atoms with Crippen LogP contribution in [-0.2, 0) is 16.0 Å². The van der Waals surface area contributed by atoms with Gasteiger partial charge in [0.1, 0.15) is 5.78 Å². The molecule has 1 aromatic rings. The third-order valence-electron chi connectivity index (χ3n) is 3.90. The summed E-state index contributed by atoms with van der Waals surface area (Å²) in [6.45, 7) is 7.27. The van der Waals surface area contributed by atoms with Gasteiger partial charge in [-0.25, -0.2) is 0 Å². The van der Waals surface area contributed by atoms with Crippen LogP contribution in [0.5, 0.6) is 0 Å². The standard InChI is InChI=1S/C18H28BNO4/c1-13(2)10-16(19(23)24)20-17(22)18(3,4)12-15(21)11-14-8-6-5-7-9-14/h5-9,13,16,23-24H,10-12H2,1-4H3,(H,20,22)/t16-/m0/s1. The predicted octanol–water partition coefficient (Wildman–Crippen LogP) is 1.76. The van der Waals surface area contributed by atoms with Crippen molar-refractivity contribution >= 4 is 18.8 Å². The van der Waals surface area contributed by atoms with Crippen molar-refractivity contribution in [3.63, 3.8) is 0 Å². The van der Waals surface area contributed by atoms with E-state index in [-0.39, 0.29) is 30.4 Å². The molecule has 0 unspecified atom stereocenters. The SMILES string of the molecule is CC(C)C[C@H](NC(=O)C(C)(C)CC(=O)Cc1ccccc1)B(O)O. The fraction of sp³-hybridized carbons (Fsp3) is 0.556. The molecule has 0 bridgehead atoms. The molecule has 3 N–H and O–H groups in total. The summed E-state index contributed by atoms with van der Waals surface area (Å²) in [7, 11) is -1.62. The topological polar surface area (TPSA) is 86.6 Å². The number of rotatable bonds is 9. The number of Topliss-reactive ketones (excluding diaryl/α,β-unsaturated/α-hetero) is 1. The lowest BCUT2D eigenvalue weighted by atomic mass is 9.74. The third-order valence-corrected chi connectivity index (χ3v) is 3.90. The van der Waals surface area contributed by atoms with Crippen molar-refractivity contribution in [3.8, 4) is 0 Å². The van der Waals surface area contributed by atoms with E-state index in [9.17, 15) is 19.6 Å². The van der Waals surface area contributed by atoms with E-state index in [1.807, 2.05) is 44.2 Å². The van der Waals surface area contributed by atoms with Crippen LogP contribution < -0.4 is 5.32 Å². The van der Waals surface area contributed by atoms with Crippen molar-refractivity contribution in [3.05, 3.63) is 35.9 Å². The maximum Gasteiger partial charge on any atom is 0.475 e. The average molecular weight is 333 g/mol. The second-order valence-electron chi connectivity index (χ2n) is 7.38. The highest BCUT2D eigenvalue weighted by Crippen LogP contribution is 2.23. The van der Waals surface area contributed by atoms with Gasteiger partial charge < -0.3 is 15.4 Å². The summed E-state index contributed by atoms with van der Waals surface area (Å²) in [5.41, 5.74) is 0.0119. The highest BCUT2D eigenvalue weighted by Gasteiger charge is 2.34. The maximum absolute atomic E-state index is 12.5. The molecule has 0 radical (unpaired) electrons. The van der Waals surface area contributed by atoms with Crippen LogP contribution in [0.2, 0.25) is 0 Å². The molecule has 24 heavy (non-hydrogen) atoms. The van der Waals surface area contributed by atoms with Gasteiger partial charge in [-0.1, -0.05) is 58.0 Å². The minimum Gasteiger partial charge on any atom is -0.426 e. The summed E-state index contributed by atoms with van der Waals surface area (Å²) < 4.78 is 0. The van der Waals surface area contributed by atoms with Gasteiger partial charge in [0.15, 0.2) is 0 Å². The summed E-state index contributed by atoms with van der Waals surface area (Å²) in [5.74, 6) is -0.894. The number of amides is 1. The third kappa shape index (κ3) is 6.85. The molecular formula is C18H28BNO4. The molecule has 1 rings (SSSR count). The quantitative estimate of drug-likeness (QED) is 0.601. The molecule has 0 aliphatic heterocycles. The van der Waals surface area contributed by atoms with Gasteiger partial charge in [0.05, 0.1) is 11.4 Å². The van der Waals surface area contributed by atoms with E-state index in [0.29, 0.717) is 6.42 Å². The zero-order valence-corrected chi connectivity index (χ0v) is 15.0. The van der Waals surface area contributed by atoms with Crippen molar-refractivity contribution in [2.75, 3.05) is 0 Å². The van der Waals surface area contributed by atoms with Gasteiger partial charge in [0.2, 0.25) is 5.91 Å². The molecule has 0 aliphatic carbocycles. The molecule has 0 saturated carbocycles. The number of benzene rings is 1. The fourth-order valence-corrected chi connectivity index (χ4v) is 2.59. The Morgan fingerprint density at radius 3 is 2.25 bits per heavy atom. The molecule has 0 spiro atoms. The van der Waals surface area contributed by atoms with Crippen LogP contribution in [-0.4, -0.2) is 34.8 Å². The van der Waals surface area contributed by atoms with E-state index in [1.165, 1.54) is 0 Å². The Morgan fingerprint density at radius 2 is 1.75 bits per heavy atom. The van der Waals surface area contributed by atoms with Crippen LogP contribution in [0, 0.1) is 11.3 Å². The first-order valence-electron chi connectivity index (χ1n) is 8.34. The van der Waals surface area contributed by atoms with Gasteiger partial charge in [0, 0.05) is 12.8 Å². The van der Waals surface area contributed by atoms with Crippen LogP contribution in [0.25, 0.3) is 0 Å². The zero-order chi connectivity index (χ0) is 18.3. The first kappa shape index (κ1) is 20.4. The van der Waals surface area contributed by atoms with Crippen LogP contribution in [0.15, 0.2) is 30.3 Å². The van der Waals surface area contributed by atoms with Crippen molar-refractivity contribution in [2.45, 2.75) is 52.9 Å². The maximum atomic E-state index is 12.5.